The van der Waals surface area contributed by atoms with Crippen LogP contribution in [0, 0.1) is 0 Å². The van der Waals surface area contributed by atoms with Crippen LogP contribution in [0.15, 0.2) is 30.3 Å². The van der Waals surface area contributed by atoms with E-state index in [9.17, 15) is 4.79 Å². The molecule has 0 saturated carbocycles. The molecular formula is C16H23NO. The van der Waals surface area contributed by atoms with Gasteiger partial charge in [0.05, 0.1) is 0 Å². The van der Waals surface area contributed by atoms with Crippen molar-refractivity contribution in [2.45, 2.75) is 51.6 Å². The fourth-order valence-corrected chi connectivity index (χ4v) is 2.91. The van der Waals surface area contributed by atoms with Crippen molar-refractivity contribution in [3.05, 3.63) is 35.9 Å². The number of likely N-dealkylation sites (tertiary alicyclic amines) is 1. The first-order valence-electron chi connectivity index (χ1n) is 7.02. The second-order valence-electron chi connectivity index (χ2n) is 5.41. The highest BCUT2D eigenvalue weighted by Gasteiger charge is 2.24. The molecule has 0 amide bonds. The Hall–Kier alpha value is -1.15. The van der Waals surface area contributed by atoms with Crippen molar-refractivity contribution >= 4 is 5.78 Å². The Morgan fingerprint density at radius 3 is 2.39 bits per heavy atom. The van der Waals surface area contributed by atoms with Crippen LogP contribution in [0.25, 0.3) is 0 Å². The summed E-state index contributed by atoms with van der Waals surface area (Å²) in [5.74, 6) is 0.264. The van der Waals surface area contributed by atoms with E-state index in [4.69, 9.17) is 0 Å². The minimum Gasteiger partial charge on any atom is -0.298 e. The van der Waals surface area contributed by atoms with Crippen LogP contribution in [0.2, 0.25) is 0 Å². The third-order valence-electron chi connectivity index (χ3n) is 4.07. The van der Waals surface area contributed by atoms with Crippen LogP contribution in [0.3, 0.4) is 0 Å². The molecule has 0 unspecified atom stereocenters. The van der Waals surface area contributed by atoms with E-state index in [1.807, 2.05) is 30.3 Å². The molecule has 2 nitrogen and oxygen atoms in total. The maximum Gasteiger partial charge on any atom is 0.164 e. The van der Waals surface area contributed by atoms with Crippen LogP contribution in [0.4, 0.5) is 0 Å². The van der Waals surface area contributed by atoms with Gasteiger partial charge < -0.3 is 0 Å². The largest absolute Gasteiger partial charge is 0.298 e. The summed E-state index contributed by atoms with van der Waals surface area (Å²) in [6, 6.07) is 10.9. The number of hydrogen-bond acceptors (Lipinski definition) is 2. The molecule has 0 aliphatic carbocycles. The van der Waals surface area contributed by atoms with Gasteiger partial charge in [-0.25, -0.2) is 0 Å². The number of ketones is 1. The Kier molecular flexibility index (Phi) is 4.54. The Labute approximate surface area is 110 Å². The Bertz CT molecular complexity index is 377. The van der Waals surface area contributed by atoms with Crippen molar-refractivity contribution < 1.29 is 4.79 Å². The minimum atomic E-state index is 0.264. The molecule has 0 spiro atoms. The van der Waals surface area contributed by atoms with Crippen molar-refractivity contribution in [2.75, 3.05) is 6.54 Å². The fourth-order valence-electron chi connectivity index (χ4n) is 2.91. The van der Waals surface area contributed by atoms with E-state index in [-0.39, 0.29) is 5.78 Å². The van der Waals surface area contributed by atoms with E-state index in [0.717, 1.165) is 12.1 Å². The Morgan fingerprint density at radius 1 is 1.17 bits per heavy atom. The molecule has 0 aromatic heterocycles. The van der Waals surface area contributed by atoms with Gasteiger partial charge >= 0.3 is 0 Å². The van der Waals surface area contributed by atoms with E-state index >= 15 is 0 Å². The number of Topliss-reactive ketones (excluding diaryl/α,β-unsaturated/α-hetero) is 1. The molecule has 98 valence electrons. The lowest BCUT2D eigenvalue weighted by Gasteiger charge is -2.38. The number of nitrogens with zero attached hydrogens (tertiary/aromatic N) is 1. The summed E-state index contributed by atoms with van der Waals surface area (Å²) >= 11 is 0. The van der Waals surface area contributed by atoms with Crippen molar-refractivity contribution in [1.82, 2.24) is 4.90 Å². The second kappa shape index (κ2) is 6.14. The van der Waals surface area contributed by atoms with Crippen LogP contribution in [-0.4, -0.2) is 29.3 Å². The summed E-state index contributed by atoms with van der Waals surface area (Å²) in [4.78, 5) is 14.6. The second-order valence-corrected chi connectivity index (χ2v) is 5.41. The monoisotopic (exact) mass is 245 g/mol. The molecular weight excluding hydrogens is 222 g/mol. The molecule has 0 radical (unpaired) electrons. The minimum absolute atomic E-state index is 0.264. The molecule has 1 heterocycles. The quantitative estimate of drug-likeness (QED) is 0.756. The number of carbonyl (C=O) groups is 1. The molecule has 2 heteroatoms. The SMILES string of the molecule is C[C@@H]1CCC[C@H](C)N1CCC(=O)c1ccccc1. The maximum atomic E-state index is 12.1. The highest BCUT2D eigenvalue weighted by atomic mass is 16.1. The number of hydrogen-bond donors (Lipinski definition) is 0. The molecule has 2 atom stereocenters. The van der Waals surface area contributed by atoms with E-state index in [1.165, 1.54) is 19.3 Å². The van der Waals surface area contributed by atoms with Gasteiger partial charge in [0.25, 0.3) is 0 Å². The van der Waals surface area contributed by atoms with Gasteiger partial charge in [-0.05, 0) is 26.7 Å². The molecule has 1 aromatic rings. The number of rotatable bonds is 4. The number of benzene rings is 1. The lowest BCUT2D eigenvalue weighted by atomic mass is 9.96. The molecule has 1 aromatic carbocycles. The van der Waals surface area contributed by atoms with Gasteiger partial charge in [-0.15, -0.1) is 0 Å². The van der Waals surface area contributed by atoms with E-state index in [1.54, 1.807) is 0 Å². The summed E-state index contributed by atoms with van der Waals surface area (Å²) in [6.07, 6.45) is 4.50. The molecule has 1 aliphatic heterocycles. The van der Waals surface area contributed by atoms with Gasteiger partial charge in [0, 0.05) is 30.6 Å². The van der Waals surface area contributed by atoms with Crippen molar-refractivity contribution in [1.29, 1.82) is 0 Å². The fraction of sp³-hybridized carbons (Fsp3) is 0.562. The summed E-state index contributed by atoms with van der Waals surface area (Å²) in [7, 11) is 0. The normalized spacial score (nSPS) is 25.0. The predicted octanol–water partition coefficient (Wildman–Crippen LogP) is 3.52. The van der Waals surface area contributed by atoms with Crippen LogP contribution in [0.1, 0.15) is 49.9 Å². The van der Waals surface area contributed by atoms with Gasteiger partial charge in [-0.1, -0.05) is 36.8 Å². The van der Waals surface area contributed by atoms with Crippen LogP contribution < -0.4 is 0 Å². The third-order valence-corrected chi connectivity index (χ3v) is 4.07. The highest BCUT2D eigenvalue weighted by molar-refractivity contribution is 5.96. The smallest absolute Gasteiger partial charge is 0.164 e. The summed E-state index contributed by atoms with van der Waals surface area (Å²) in [5, 5.41) is 0. The van der Waals surface area contributed by atoms with Crippen molar-refractivity contribution in [3.8, 4) is 0 Å². The predicted molar refractivity (Wildman–Crippen MR) is 74.9 cm³/mol. The summed E-state index contributed by atoms with van der Waals surface area (Å²) < 4.78 is 0. The first kappa shape index (κ1) is 13.3. The lowest BCUT2D eigenvalue weighted by molar-refractivity contribution is 0.0839. The van der Waals surface area contributed by atoms with E-state index in [2.05, 4.69) is 18.7 Å². The first-order valence-corrected chi connectivity index (χ1v) is 7.02. The van der Waals surface area contributed by atoms with Crippen molar-refractivity contribution in [3.63, 3.8) is 0 Å². The Balaban J connectivity index is 1.89. The topological polar surface area (TPSA) is 20.3 Å². The van der Waals surface area contributed by atoms with Gasteiger partial charge in [0.15, 0.2) is 5.78 Å². The van der Waals surface area contributed by atoms with Crippen LogP contribution >= 0.6 is 0 Å². The van der Waals surface area contributed by atoms with Gasteiger partial charge in [-0.2, -0.15) is 0 Å². The highest BCUT2D eigenvalue weighted by Crippen LogP contribution is 2.22. The van der Waals surface area contributed by atoms with Gasteiger partial charge in [0.2, 0.25) is 0 Å². The molecule has 1 aliphatic rings. The molecule has 0 N–H and O–H groups in total. The zero-order valence-corrected chi connectivity index (χ0v) is 11.4. The van der Waals surface area contributed by atoms with E-state index < -0.39 is 0 Å². The lowest BCUT2D eigenvalue weighted by Crippen LogP contribution is -2.44. The molecule has 1 saturated heterocycles. The average molecular weight is 245 g/mol. The average Bonchev–Trinajstić information content (AvgIpc) is 2.39. The number of carbonyl (C=O) groups excluding carboxylic acids is 1. The van der Waals surface area contributed by atoms with Crippen LogP contribution in [-0.2, 0) is 0 Å². The summed E-state index contributed by atoms with van der Waals surface area (Å²) in [5.41, 5.74) is 0.842. The van der Waals surface area contributed by atoms with E-state index in [0.29, 0.717) is 18.5 Å². The molecule has 2 rings (SSSR count). The summed E-state index contributed by atoms with van der Waals surface area (Å²) in [6.45, 7) is 5.46. The van der Waals surface area contributed by atoms with Gasteiger partial charge in [-0.3, -0.25) is 9.69 Å². The first-order chi connectivity index (χ1) is 8.68. The molecule has 1 fully saturated rings. The van der Waals surface area contributed by atoms with Crippen LogP contribution in [0.5, 0.6) is 0 Å². The zero-order chi connectivity index (χ0) is 13.0. The number of piperidine rings is 1. The van der Waals surface area contributed by atoms with Gasteiger partial charge in [0.1, 0.15) is 0 Å². The standard InChI is InChI=1S/C16H23NO/c1-13-7-6-8-14(2)17(13)12-11-16(18)15-9-4-3-5-10-15/h3-5,9-10,13-14H,6-8,11-12H2,1-2H3/t13-,14+. The third kappa shape index (κ3) is 3.20. The Morgan fingerprint density at radius 2 is 1.78 bits per heavy atom. The zero-order valence-electron chi connectivity index (χ0n) is 11.4. The van der Waals surface area contributed by atoms with Crippen molar-refractivity contribution in [2.24, 2.45) is 0 Å². The maximum absolute atomic E-state index is 12.1. The molecule has 0 bridgehead atoms. The molecule has 18 heavy (non-hydrogen) atoms.